The number of nitriles is 4. The van der Waals surface area contributed by atoms with Crippen LogP contribution in [0.4, 0.5) is 11.4 Å². The van der Waals surface area contributed by atoms with Crippen molar-refractivity contribution in [3.63, 3.8) is 0 Å². The predicted octanol–water partition coefficient (Wildman–Crippen LogP) is 7.42. The van der Waals surface area contributed by atoms with Gasteiger partial charge in [-0.05, 0) is 36.4 Å². The molecule has 41 heavy (non-hydrogen) atoms. The Kier molecular flexibility index (Phi) is 7.80. The average molecular weight is 581 g/mol. The Labute approximate surface area is 241 Å². The first-order valence-corrected chi connectivity index (χ1v) is 11.9. The van der Waals surface area contributed by atoms with E-state index in [1.807, 2.05) is 12.1 Å². The molecule has 0 saturated heterocycles. The molecule has 0 atom stereocenters. The van der Waals surface area contributed by atoms with Gasteiger partial charge in [-0.15, -0.1) is 0 Å². The summed E-state index contributed by atoms with van der Waals surface area (Å²) in [5.74, 6) is -0.310. The second-order valence-corrected chi connectivity index (χ2v) is 8.98. The van der Waals surface area contributed by atoms with Crippen LogP contribution in [0.1, 0.15) is 22.3 Å². The lowest BCUT2D eigenvalue weighted by Crippen LogP contribution is -2.02. The first kappa shape index (κ1) is 28.0. The van der Waals surface area contributed by atoms with Crippen molar-refractivity contribution < 1.29 is 14.6 Å². The van der Waals surface area contributed by atoms with Crippen LogP contribution >= 0.6 is 23.2 Å². The zero-order chi connectivity index (χ0) is 29.8. The zero-order valence-corrected chi connectivity index (χ0v) is 21.8. The molecule has 0 saturated carbocycles. The van der Waals surface area contributed by atoms with Crippen molar-refractivity contribution in [2.24, 2.45) is 0 Å². The monoisotopic (exact) mass is 580 g/mol. The largest absolute Gasteiger partial charge is 0.456 e. The molecule has 0 N–H and O–H groups in total. The number of halogens is 2. The summed E-state index contributed by atoms with van der Waals surface area (Å²) in [7, 11) is 0. The fourth-order valence-corrected chi connectivity index (χ4v) is 4.50. The number of benzene rings is 4. The van der Waals surface area contributed by atoms with Crippen molar-refractivity contribution in [3.8, 4) is 58.0 Å². The fraction of sp³-hybridized carbons (Fsp3) is 0. The molecule has 0 unspecified atom stereocenters. The van der Waals surface area contributed by atoms with Gasteiger partial charge in [-0.25, -0.2) is 0 Å². The molecule has 4 rings (SSSR count). The van der Waals surface area contributed by atoms with Crippen molar-refractivity contribution >= 4 is 34.6 Å². The number of nitro groups is 2. The van der Waals surface area contributed by atoms with Crippen molar-refractivity contribution in [1.82, 2.24) is 0 Å². The van der Waals surface area contributed by atoms with E-state index in [4.69, 9.17) is 27.9 Å². The first-order chi connectivity index (χ1) is 19.6. The Hall–Kier alpha value is -5.98. The van der Waals surface area contributed by atoms with Crippen molar-refractivity contribution in [3.05, 3.63) is 113 Å². The number of rotatable bonds is 6. The third-order valence-corrected chi connectivity index (χ3v) is 6.34. The third-order valence-electron chi connectivity index (χ3n) is 5.87. The van der Waals surface area contributed by atoms with E-state index >= 15 is 0 Å². The Morgan fingerprint density at radius 2 is 1.00 bits per heavy atom. The second-order valence-electron chi connectivity index (χ2n) is 8.11. The van der Waals surface area contributed by atoms with Crippen LogP contribution in [0.3, 0.4) is 0 Å². The highest BCUT2D eigenvalue weighted by Gasteiger charge is 2.29. The van der Waals surface area contributed by atoms with E-state index in [0.29, 0.717) is 0 Å². The standard InChI is InChI=1S/C28H10Cl2N6O5/c29-17-1-3-19(15(9-17)11-31)27-21(13-33)23(35(37)38)5-7-25(27)41-26-8-6-24(36(39)40)22(14-34)28(26)20-4-2-18(30)10-16(20)12-32/h1-10H. The van der Waals surface area contributed by atoms with Crippen LogP contribution in [0.5, 0.6) is 11.5 Å². The Morgan fingerprint density at radius 3 is 1.32 bits per heavy atom. The van der Waals surface area contributed by atoms with E-state index < -0.39 is 32.3 Å². The van der Waals surface area contributed by atoms with Gasteiger partial charge < -0.3 is 4.74 Å². The Bertz CT molecular complexity index is 1820. The van der Waals surface area contributed by atoms with Crippen LogP contribution in [-0.4, -0.2) is 9.85 Å². The molecule has 11 nitrogen and oxygen atoms in total. The van der Waals surface area contributed by atoms with Crippen LogP contribution in [0.15, 0.2) is 60.7 Å². The molecule has 0 aromatic heterocycles. The first-order valence-electron chi connectivity index (χ1n) is 11.2. The Morgan fingerprint density at radius 1 is 0.610 bits per heavy atom. The molecular formula is C28H10Cl2N6O5. The van der Waals surface area contributed by atoms with E-state index in [2.05, 4.69) is 0 Å². The number of nitro benzene ring substituents is 2. The normalized spacial score (nSPS) is 10.0. The molecule has 0 heterocycles. The molecule has 0 aliphatic carbocycles. The van der Waals surface area contributed by atoms with Crippen molar-refractivity contribution in [2.75, 3.05) is 0 Å². The maximum absolute atomic E-state index is 11.8. The minimum absolute atomic E-state index is 0.0227. The van der Waals surface area contributed by atoms with Crippen LogP contribution in [0.2, 0.25) is 10.0 Å². The summed E-state index contributed by atoms with van der Waals surface area (Å²) in [6.07, 6.45) is 0. The summed E-state index contributed by atoms with van der Waals surface area (Å²) in [4.78, 5) is 22.0. The van der Waals surface area contributed by atoms with Crippen molar-refractivity contribution in [2.45, 2.75) is 0 Å². The van der Waals surface area contributed by atoms with Gasteiger partial charge in [0.15, 0.2) is 0 Å². The van der Waals surface area contributed by atoms with Gasteiger partial charge in [0.1, 0.15) is 34.8 Å². The van der Waals surface area contributed by atoms with Crippen LogP contribution in [-0.2, 0) is 0 Å². The maximum Gasteiger partial charge on any atom is 0.287 e. The van der Waals surface area contributed by atoms with Gasteiger partial charge in [0, 0.05) is 33.3 Å². The number of ether oxygens (including phenoxy) is 1. The SMILES string of the molecule is N#Cc1cc(Cl)ccc1-c1c(Oc2ccc([N+](=O)[O-])c(C#N)c2-c2ccc(Cl)cc2C#N)ccc([N+](=O)[O-])c1C#N. The topological polar surface area (TPSA) is 191 Å². The third kappa shape index (κ3) is 5.18. The van der Waals surface area contributed by atoms with E-state index in [9.17, 15) is 41.3 Å². The van der Waals surface area contributed by atoms with Gasteiger partial charge in [0.25, 0.3) is 11.4 Å². The van der Waals surface area contributed by atoms with E-state index in [1.165, 1.54) is 48.5 Å². The maximum atomic E-state index is 11.8. The van der Waals surface area contributed by atoms with E-state index in [-0.39, 0.29) is 54.9 Å². The molecule has 0 radical (unpaired) electrons. The summed E-state index contributed by atoms with van der Waals surface area (Å²) in [5.41, 5.74) is -2.14. The van der Waals surface area contributed by atoms with Crippen molar-refractivity contribution in [1.29, 1.82) is 21.0 Å². The molecule has 4 aromatic carbocycles. The highest BCUT2D eigenvalue weighted by molar-refractivity contribution is 6.31. The Balaban J connectivity index is 2.10. The highest BCUT2D eigenvalue weighted by atomic mass is 35.5. The van der Waals surface area contributed by atoms with Gasteiger partial charge >= 0.3 is 0 Å². The predicted molar refractivity (Wildman–Crippen MR) is 146 cm³/mol. The average Bonchev–Trinajstić information content (AvgIpc) is 2.96. The summed E-state index contributed by atoms with van der Waals surface area (Å²) in [6.45, 7) is 0. The van der Waals surface area contributed by atoms with Gasteiger partial charge in [-0.3, -0.25) is 20.2 Å². The second kappa shape index (κ2) is 11.4. The van der Waals surface area contributed by atoms with E-state index in [0.717, 1.165) is 12.1 Å². The molecule has 0 spiro atoms. The van der Waals surface area contributed by atoms with Gasteiger partial charge in [0.2, 0.25) is 0 Å². The van der Waals surface area contributed by atoms with Crippen LogP contribution in [0.25, 0.3) is 22.3 Å². The molecule has 0 amide bonds. The summed E-state index contributed by atoms with van der Waals surface area (Å²) in [5, 5.41) is 63.3. The highest BCUT2D eigenvalue weighted by Crippen LogP contribution is 2.46. The molecule has 0 fully saturated rings. The number of hydrogen-bond acceptors (Lipinski definition) is 9. The van der Waals surface area contributed by atoms with Crippen LogP contribution < -0.4 is 4.74 Å². The number of nitrogens with zero attached hydrogens (tertiary/aromatic N) is 6. The molecule has 0 bridgehead atoms. The van der Waals surface area contributed by atoms with Crippen LogP contribution in [0, 0.1) is 65.6 Å². The molecule has 196 valence electrons. The molecule has 13 heteroatoms. The smallest absolute Gasteiger partial charge is 0.287 e. The quantitative estimate of drug-likeness (QED) is 0.165. The molecule has 0 aliphatic heterocycles. The van der Waals surface area contributed by atoms with Gasteiger partial charge in [0.05, 0.1) is 44.2 Å². The lowest BCUT2D eigenvalue weighted by Gasteiger charge is -2.18. The molecular weight excluding hydrogens is 571 g/mol. The summed E-state index contributed by atoms with van der Waals surface area (Å²) >= 11 is 12.1. The minimum Gasteiger partial charge on any atom is -0.456 e. The van der Waals surface area contributed by atoms with E-state index in [1.54, 1.807) is 12.1 Å². The number of hydrogen-bond donors (Lipinski definition) is 0. The zero-order valence-electron chi connectivity index (χ0n) is 20.3. The summed E-state index contributed by atoms with van der Waals surface area (Å²) in [6, 6.07) is 20.1. The fourth-order valence-electron chi connectivity index (χ4n) is 4.15. The molecule has 0 aliphatic rings. The lowest BCUT2D eigenvalue weighted by atomic mass is 9.93. The minimum atomic E-state index is -0.772. The van der Waals surface area contributed by atoms with Gasteiger partial charge in [-0.1, -0.05) is 35.3 Å². The lowest BCUT2D eigenvalue weighted by molar-refractivity contribution is -0.385. The van der Waals surface area contributed by atoms with Gasteiger partial charge in [-0.2, -0.15) is 21.0 Å². The molecule has 4 aromatic rings. The summed E-state index contributed by atoms with van der Waals surface area (Å²) < 4.78 is 6.13.